The van der Waals surface area contributed by atoms with Crippen LogP contribution in [0.2, 0.25) is 0 Å². The van der Waals surface area contributed by atoms with Gasteiger partial charge in [0.25, 0.3) is 11.7 Å². The zero-order valence-corrected chi connectivity index (χ0v) is 20.3. The molecule has 0 radical (unpaired) electrons. The molecule has 1 aliphatic heterocycles. The highest BCUT2D eigenvalue weighted by Crippen LogP contribution is 2.42. The van der Waals surface area contributed by atoms with Crippen LogP contribution in [-0.4, -0.2) is 72.1 Å². The fourth-order valence-electron chi connectivity index (χ4n) is 4.25. The lowest BCUT2D eigenvalue weighted by atomic mass is 9.94. The van der Waals surface area contributed by atoms with E-state index >= 15 is 0 Å². The SMILES string of the molecule is CCN(CC)CCN1C(=O)C(=O)C(=C(O)c2cc(C)ccc2O)C1c1ccc(OC)c(OC)c1. The number of ether oxygens (including phenoxy) is 2. The fraction of sp³-hybridized carbons (Fsp3) is 0.385. The molecule has 1 saturated heterocycles. The number of aromatic hydroxyl groups is 1. The number of hydrogen-bond acceptors (Lipinski definition) is 7. The number of hydrogen-bond donors (Lipinski definition) is 2. The number of likely N-dealkylation sites (N-methyl/N-ethyl adjacent to an activating group) is 1. The summed E-state index contributed by atoms with van der Waals surface area (Å²) in [4.78, 5) is 30.0. The second kappa shape index (κ2) is 10.6. The maximum atomic E-state index is 13.2. The van der Waals surface area contributed by atoms with Crippen molar-refractivity contribution in [3.05, 3.63) is 58.7 Å². The van der Waals surface area contributed by atoms with Gasteiger partial charge in [0.1, 0.15) is 11.5 Å². The molecule has 2 aromatic carbocycles. The molecule has 1 heterocycles. The summed E-state index contributed by atoms with van der Waals surface area (Å²) in [6.07, 6.45) is 0. The summed E-state index contributed by atoms with van der Waals surface area (Å²) in [5, 5.41) is 21.6. The zero-order valence-electron chi connectivity index (χ0n) is 20.3. The normalized spacial score (nSPS) is 17.5. The number of carbonyl (C=O) groups excluding carboxylic acids is 2. The van der Waals surface area contributed by atoms with Gasteiger partial charge in [-0.1, -0.05) is 31.5 Å². The molecule has 8 heteroatoms. The van der Waals surface area contributed by atoms with Gasteiger partial charge in [0.05, 0.1) is 31.4 Å². The van der Waals surface area contributed by atoms with Crippen LogP contribution >= 0.6 is 0 Å². The first-order valence-electron chi connectivity index (χ1n) is 11.3. The molecule has 182 valence electrons. The molecule has 0 aromatic heterocycles. The molecule has 8 nitrogen and oxygen atoms in total. The van der Waals surface area contributed by atoms with Crippen LogP contribution in [0, 0.1) is 6.92 Å². The van der Waals surface area contributed by atoms with Gasteiger partial charge in [-0.25, -0.2) is 0 Å². The number of benzene rings is 2. The highest BCUT2D eigenvalue weighted by molar-refractivity contribution is 6.46. The van der Waals surface area contributed by atoms with Gasteiger partial charge in [-0.2, -0.15) is 0 Å². The van der Waals surface area contributed by atoms with Gasteiger partial charge < -0.3 is 29.5 Å². The van der Waals surface area contributed by atoms with Crippen LogP contribution in [0.15, 0.2) is 42.0 Å². The van der Waals surface area contributed by atoms with Crippen molar-refractivity contribution < 1.29 is 29.3 Å². The number of phenols is 1. The molecule has 1 aliphatic rings. The number of aryl methyl sites for hydroxylation is 1. The molecule has 1 fully saturated rings. The molecule has 0 bridgehead atoms. The zero-order chi connectivity index (χ0) is 25.0. The summed E-state index contributed by atoms with van der Waals surface area (Å²) in [5.74, 6) is -1.14. The maximum Gasteiger partial charge on any atom is 0.295 e. The summed E-state index contributed by atoms with van der Waals surface area (Å²) < 4.78 is 10.8. The number of Topliss-reactive ketones (excluding diaryl/α,β-unsaturated/α-hetero) is 1. The van der Waals surface area contributed by atoms with E-state index < -0.39 is 23.5 Å². The van der Waals surface area contributed by atoms with Crippen LogP contribution in [0.4, 0.5) is 0 Å². The molecular formula is C26H32N2O6. The lowest BCUT2D eigenvalue weighted by Crippen LogP contribution is -2.38. The van der Waals surface area contributed by atoms with E-state index in [9.17, 15) is 19.8 Å². The van der Waals surface area contributed by atoms with E-state index in [1.807, 2.05) is 20.8 Å². The molecule has 3 rings (SSSR count). The molecule has 2 N–H and O–H groups in total. The molecule has 0 spiro atoms. The van der Waals surface area contributed by atoms with Crippen molar-refractivity contribution in [2.45, 2.75) is 26.8 Å². The third-order valence-electron chi connectivity index (χ3n) is 6.22. The Morgan fingerprint density at radius 1 is 1.03 bits per heavy atom. The Hall–Kier alpha value is -3.52. The predicted octanol–water partition coefficient (Wildman–Crippen LogP) is 3.48. The van der Waals surface area contributed by atoms with Crippen molar-refractivity contribution in [3.63, 3.8) is 0 Å². The molecule has 1 atom stereocenters. The van der Waals surface area contributed by atoms with Crippen molar-refractivity contribution in [2.24, 2.45) is 0 Å². The number of ketones is 1. The minimum Gasteiger partial charge on any atom is -0.507 e. The fourth-order valence-corrected chi connectivity index (χ4v) is 4.25. The van der Waals surface area contributed by atoms with E-state index in [4.69, 9.17) is 9.47 Å². The van der Waals surface area contributed by atoms with Gasteiger partial charge in [0.2, 0.25) is 0 Å². The maximum absolute atomic E-state index is 13.2. The van der Waals surface area contributed by atoms with Gasteiger partial charge in [0.15, 0.2) is 11.5 Å². The number of phenolic OH excluding ortho intramolecular Hbond substituents is 1. The van der Waals surface area contributed by atoms with Crippen molar-refractivity contribution in [3.8, 4) is 17.2 Å². The van der Waals surface area contributed by atoms with Crippen molar-refractivity contribution in [1.29, 1.82) is 0 Å². The van der Waals surface area contributed by atoms with Crippen molar-refractivity contribution in [1.82, 2.24) is 9.80 Å². The third kappa shape index (κ3) is 4.72. The molecule has 1 unspecified atom stereocenters. The minimum absolute atomic E-state index is 0.0716. The van der Waals surface area contributed by atoms with Crippen LogP contribution in [0.3, 0.4) is 0 Å². The van der Waals surface area contributed by atoms with E-state index in [0.717, 1.165) is 18.7 Å². The molecule has 2 aromatic rings. The standard InChI is InChI=1S/C26H32N2O6/c1-6-27(7-2)12-13-28-23(17-9-11-20(33-4)21(15-17)34-5)22(25(31)26(28)32)24(30)18-14-16(3)8-10-19(18)29/h8-11,14-15,23,29-30H,6-7,12-13H2,1-5H3. The second-order valence-corrected chi connectivity index (χ2v) is 8.15. The largest absolute Gasteiger partial charge is 0.507 e. The first kappa shape index (κ1) is 25.1. The second-order valence-electron chi connectivity index (χ2n) is 8.15. The summed E-state index contributed by atoms with van der Waals surface area (Å²) in [5.41, 5.74) is 1.41. The Morgan fingerprint density at radius 2 is 1.71 bits per heavy atom. The lowest BCUT2D eigenvalue weighted by molar-refractivity contribution is -0.140. The first-order chi connectivity index (χ1) is 16.3. The first-order valence-corrected chi connectivity index (χ1v) is 11.3. The summed E-state index contributed by atoms with van der Waals surface area (Å²) in [6, 6.07) is 9.01. The molecule has 0 saturated carbocycles. The van der Waals surface area contributed by atoms with Gasteiger partial charge in [-0.05, 0) is 49.8 Å². The number of nitrogens with zero attached hydrogens (tertiary/aromatic N) is 2. The number of rotatable bonds is 9. The quantitative estimate of drug-likeness (QED) is 0.330. The Morgan fingerprint density at radius 3 is 2.32 bits per heavy atom. The van der Waals surface area contributed by atoms with E-state index in [1.165, 1.54) is 25.2 Å². The number of amides is 1. The molecule has 34 heavy (non-hydrogen) atoms. The Bertz CT molecular complexity index is 1110. The van der Waals surface area contributed by atoms with Crippen LogP contribution in [-0.2, 0) is 9.59 Å². The molecule has 0 aliphatic carbocycles. The van der Waals surface area contributed by atoms with Crippen LogP contribution in [0.25, 0.3) is 5.76 Å². The van der Waals surface area contributed by atoms with E-state index in [-0.39, 0.29) is 16.9 Å². The van der Waals surface area contributed by atoms with Crippen molar-refractivity contribution >= 4 is 17.4 Å². The molecule has 1 amide bonds. The van der Waals surface area contributed by atoms with E-state index in [1.54, 1.807) is 30.3 Å². The Labute approximate surface area is 200 Å². The topological polar surface area (TPSA) is 99.5 Å². The van der Waals surface area contributed by atoms with Gasteiger partial charge in [-0.3, -0.25) is 9.59 Å². The predicted molar refractivity (Wildman–Crippen MR) is 129 cm³/mol. The number of methoxy groups -OCH3 is 2. The Kier molecular flexibility index (Phi) is 7.83. The third-order valence-corrected chi connectivity index (χ3v) is 6.22. The average molecular weight is 469 g/mol. The highest BCUT2D eigenvalue weighted by atomic mass is 16.5. The summed E-state index contributed by atoms with van der Waals surface area (Å²) in [6.45, 7) is 8.34. The van der Waals surface area contributed by atoms with E-state index in [2.05, 4.69) is 4.90 Å². The minimum atomic E-state index is -0.852. The lowest BCUT2D eigenvalue weighted by Gasteiger charge is -2.28. The van der Waals surface area contributed by atoms with Crippen molar-refractivity contribution in [2.75, 3.05) is 40.4 Å². The number of aliphatic hydroxyl groups excluding tert-OH is 1. The van der Waals surface area contributed by atoms with Crippen LogP contribution in [0.1, 0.15) is 36.6 Å². The monoisotopic (exact) mass is 468 g/mol. The van der Waals surface area contributed by atoms with Gasteiger partial charge in [0, 0.05) is 13.1 Å². The smallest absolute Gasteiger partial charge is 0.295 e. The molecular weight excluding hydrogens is 436 g/mol. The number of aliphatic hydroxyl groups is 1. The van der Waals surface area contributed by atoms with Gasteiger partial charge in [-0.15, -0.1) is 0 Å². The summed E-state index contributed by atoms with van der Waals surface area (Å²) in [7, 11) is 3.03. The number of likely N-dealkylation sites (tertiary alicyclic amines) is 1. The van der Waals surface area contributed by atoms with Crippen LogP contribution < -0.4 is 9.47 Å². The summed E-state index contributed by atoms with van der Waals surface area (Å²) >= 11 is 0. The average Bonchev–Trinajstić information content (AvgIpc) is 3.10. The highest BCUT2D eigenvalue weighted by Gasteiger charge is 2.46. The number of carbonyl (C=O) groups is 2. The van der Waals surface area contributed by atoms with Gasteiger partial charge >= 0.3 is 0 Å². The Balaban J connectivity index is 2.19. The van der Waals surface area contributed by atoms with E-state index in [0.29, 0.717) is 30.2 Å². The van der Waals surface area contributed by atoms with Crippen LogP contribution in [0.5, 0.6) is 17.2 Å².